The van der Waals surface area contributed by atoms with Crippen LogP contribution in [-0.4, -0.2) is 17.4 Å². The number of hydrogen-bond acceptors (Lipinski definition) is 3. The zero-order chi connectivity index (χ0) is 19.1. The molecule has 0 radical (unpaired) electrons. The Morgan fingerprint density at radius 3 is 2.63 bits per heavy atom. The number of fused-ring (bicyclic) bond motifs is 1. The third-order valence-corrected chi connectivity index (χ3v) is 5.47. The van der Waals surface area contributed by atoms with E-state index in [0.717, 1.165) is 33.7 Å². The van der Waals surface area contributed by atoms with Crippen LogP contribution in [0.3, 0.4) is 0 Å². The Morgan fingerprint density at radius 2 is 1.85 bits per heavy atom. The molecule has 1 N–H and O–H groups in total. The Kier molecular flexibility index (Phi) is 7.13. The van der Waals surface area contributed by atoms with E-state index >= 15 is 0 Å². The van der Waals surface area contributed by atoms with Gasteiger partial charge in [-0.15, -0.1) is 0 Å². The molecule has 140 valence electrons. The second kappa shape index (κ2) is 9.77. The van der Waals surface area contributed by atoms with Crippen molar-refractivity contribution < 1.29 is 4.79 Å². The van der Waals surface area contributed by atoms with Gasteiger partial charge in [-0.1, -0.05) is 67.7 Å². The lowest BCUT2D eigenvalue weighted by molar-refractivity contribution is 0.0954. The highest BCUT2D eigenvalue weighted by Crippen LogP contribution is 2.30. The number of pyridine rings is 1. The molecule has 3 rings (SSSR count). The van der Waals surface area contributed by atoms with E-state index in [2.05, 4.69) is 12.2 Å². The summed E-state index contributed by atoms with van der Waals surface area (Å²) in [5.74, 6) is -0.0388. The summed E-state index contributed by atoms with van der Waals surface area (Å²) in [5, 5.41) is 5.43. The molecule has 1 amide bonds. The van der Waals surface area contributed by atoms with Crippen molar-refractivity contribution in [3.63, 3.8) is 0 Å². The molecule has 0 saturated heterocycles. The lowest BCUT2D eigenvalue weighted by Gasteiger charge is -2.10. The van der Waals surface area contributed by atoms with Gasteiger partial charge in [0.25, 0.3) is 5.91 Å². The SMILES string of the molecule is CCCCCCNC(=O)c1cc(Sc2ccc(Cl)cc2)nc2ccccc12. The summed E-state index contributed by atoms with van der Waals surface area (Å²) < 4.78 is 0. The number of para-hydroxylation sites is 1. The number of nitrogens with zero attached hydrogens (tertiary/aromatic N) is 1. The van der Waals surface area contributed by atoms with Gasteiger partial charge in [0, 0.05) is 21.8 Å². The number of aromatic nitrogens is 1. The van der Waals surface area contributed by atoms with Crippen molar-refractivity contribution in [2.24, 2.45) is 0 Å². The predicted octanol–water partition coefficient (Wildman–Crippen LogP) is 6.35. The van der Waals surface area contributed by atoms with Crippen LogP contribution in [0, 0.1) is 0 Å². The first kappa shape index (κ1) is 19.7. The molecule has 3 nitrogen and oxygen atoms in total. The van der Waals surface area contributed by atoms with Crippen LogP contribution in [0.1, 0.15) is 43.0 Å². The Bertz CT molecular complexity index is 912. The summed E-state index contributed by atoms with van der Waals surface area (Å²) in [7, 11) is 0. The molecule has 0 spiro atoms. The van der Waals surface area contributed by atoms with Crippen molar-refractivity contribution in [1.29, 1.82) is 0 Å². The average Bonchev–Trinajstić information content (AvgIpc) is 2.69. The van der Waals surface area contributed by atoms with E-state index in [0.29, 0.717) is 17.1 Å². The molecule has 1 heterocycles. The molecule has 5 heteroatoms. The maximum absolute atomic E-state index is 12.8. The van der Waals surface area contributed by atoms with E-state index in [1.54, 1.807) is 0 Å². The number of carbonyl (C=O) groups is 1. The Labute approximate surface area is 169 Å². The van der Waals surface area contributed by atoms with Crippen molar-refractivity contribution in [2.75, 3.05) is 6.54 Å². The number of halogens is 1. The predicted molar refractivity (Wildman–Crippen MR) is 114 cm³/mol. The highest BCUT2D eigenvalue weighted by atomic mass is 35.5. The molecule has 1 aromatic heterocycles. The largest absolute Gasteiger partial charge is 0.352 e. The number of nitrogens with one attached hydrogen (secondary N) is 1. The lowest BCUT2D eigenvalue weighted by Crippen LogP contribution is -2.24. The van der Waals surface area contributed by atoms with Gasteiger partial charge in [0.1, 0.15) is 5.03 Å². The van der Waals surface area contributed by atoms with Crippen LogP contribution in [0.25, 0.3) is 10.9 Å². The number of hydrogen-bond donors (Lipinski definition) is 1. The topological polar surface area (TPSA) is 42.0 Å². The molecule has 0 aliphatic heterocycles. The average molecular weight is 399 g/mol. The molecule has 0 aliphatic rings. The van der Waals surface area contributed by atoms with E-state index in [1.165, 1.54) is 24.6 Å². The van der Waals surface area contributed by atoms with Crippen LogP contribution < -0.4 is 5.32 Å². The van der Waals surface area contributed by atoms with Crippen LogP contribution in [0.5, 0.6) is 0 Å². The zero-order valence-electron chi connectivity index (χ0n) is 15.4. The maximum Gasteiger partial charge on any atom is 0.252 e. The fraction of sp³-hybridized carbons (Fsp3) is 0.273. The molecule has 0 atom stereocenters. The second-order valence-corrected chi connectivity index (χ2v) is 7.93. The number of amides is 1. The first-order chi connectivity index (χ1) is 13.2. The number of benzene rings is 2. The molecule has 0 fully saturated rings. The fourth-order valence-electron chi connectivity index (χ4n) is 2.86. The van der Waals surface area contributed by atoms with E-state index in [9.17, 15) is 4.79 Å². The van der Waals surface area contributed by atoms with Gasteiger partial charge in [-0.3, -0.25) is 4.79 Å². The van der Waals surface area contributed by atoms with Crippen molar-refractivity contribution in [2.45, 2.75) is 42.5 Å². The fourth-order valence-corrected chi connectivity index (χ4v) is 3.82. The Hall–Kier alpha value is -2.04. The van der Waals surface area contributed by atoms with Crippen molar-refractivity contribution in [1.82, 2.24) is 10.3 Å². The van der Waals surface area contributed by atoms with E-state index in [4.69, 9.17) is 16.6 Å². The molecular formula is C22H23ClN2OS. The minimum absolute atomic E-state index is 0.0388. The number of rotatable bonds is 8. The van der Waals surface area contributed by atoms with Gasteiger partial charge >= 0.3 is 0 Å². The first-order valence-corrected chi connectivity index (χ1v) is 10.5. The van der Waals surface area contributed by atoms with Gasteiger partial charge in [0.2, 0.25) is 0 Å². The van der Waals surface area contributed by atoms with Crippen LogP contribution in [0.15, 0.2) is 64.5 Å². The summed E-state index contributed by atoms with van der Waals surface area (Å²) in [6.07, 6.45) is 4.55. The van der Waals surface area contributed by atoms with Gasteiger partial charge in [-0.25, -0.2) is 4.98 Å². The molecule has 0 saturated carbocycles. The summed E-state index contributed by atoms with van der Waals surface area (Å²) in [5.41, 5.74) is 1.50. The van der Waals surface area contributed by atoms with E-state index in [1.807, 2.05) is 54.6 Å². The third-order valence-electron chi connectivity index (χ3n) is 4.29. The lowest BCUT2D eigenvalue weighted by atomic mass is 10.1. The molecular weight excluding hydrogens is 376 g/mol. The van der Waals surface area contributed by atoms with Gasteiger partial charge in [-0.05, 0) is 42.8 Å². The van der Waals surface area contributed by atoms with Gasteiger partial charge in [0.15, 0.2) is 0 Å². The number of unbranched alkanes of at least 4 members (excludes halogenated alkanes) is 3. The maximum atomic E-state index is 12.8. The minimum Gasteiger partial charge on any atom is -0.352 e. The smallest absolute Gasteiger partial charge is 0.252 e. The van der Waals surface area contributed by atoms with Crippen LogP contribution in [0.2, 0.25) is 5.02 Å². The molecule has 0 aliphatic carbocycles. The summed E-state index contributed by atoms with van der Waals surface area (Å²) in [6.45, 7) is 2.89. The van der Waals surface area contributed by atoms with Crippen molar-refractivity contribution in [3.05, 3.63) is 65.2 Å². The molecule has 0 bridgehead atoms. The third kappa shape index (κ3) is 5.47. The minimum atomic E-state index is -0.0388. The first-order valence-electron chi connectivity index (χ1n) is 9.29. The normalized spacial score (nSPS) is 10.9. The van der Waals surface area contributed by atoms with Crippen LogP contribution in [-0.2, 0) is 0 Å². The molecule has 2 aromatic carbocycles. The Balaban J connectivity index is 1.82. The Morgan fingerprint density at radius 1 is 1.07 bits per heavy atom. The summed E-state index contributed by atoms with van der Waals surface area (Å²) in [6, 6.07) is 17.3. The van der Waals surface area contributed by atoms with E-state index in [-0.39, 0.29) is 5.91 Å². The van der Waals surface area contributed by atoms with Gasteiger partial charge in [0.05, 0.1) is 11.1 Å². The van der Waals surface area contributed by atoms with E-state index < -0.39 is 0 Å². The summed E-state index contributed by atoms with van der Waals surface area (Å²) >= 11 is 7.49. The van der Waals surface area contributed by atoms with Crippen LogP contribution in [0.4, 0.5) is 0 Å². The van der Waals surface area contributed by atoms with Crippen molar-refractivity contribution in [3.8, 4) is 0 Å². The summed E-state index contributed by atoms with van der Waals surface area (Å²) in [4.78, 5) is 18.5. The zero-order valence-corrected chi connectivity index (χ0v) is 16.9. The highest BCUT2D eigenvalue weighted by molar-refractivity contribution is 7.99. The molecule has 27 heavy (non-hydrogen) atoms. The monoisotopic (exact) mass is 398 g/mol. The molecule has 3 aromatic rings. The second-order valence-electron chi connectivity index (χ2n) is 6.40. The van der Waals surface area contributed by atoms with Crippen LogP contribution >= 0.6 is 23.4 Å². The molecule has 0 unspecified atom stereocenters. The highest BCUT2D eigenvalue weighted by Gasteiger charge is 2.13. The van der Waals surface area contributed by atoms with Gasteiger partial charge in [-0.2, -0.15) is 0 Å². The van der Waals surface area contributed by atoms with Crippen molar-refractivity contribution >= 4 is 40.2 Å². The quantitative estimate of drug-likeness (QED) is 0.449. The van der Waals surface area contributed by atoms with Gasteiger partial charge < -0.3 is 5.32 Å². The number of carbonyl (C=O) groups excluding carboxylic acids is 1. The standard InChI is InChI=1S/C22H23ClN2OS/c1-2-3-4-7-14-24-22(26)19-15-21(25-20-9-6-5-8-18(19)20)27-17-12-10-16(23)11-13-17/h5-6,8-13,15H,2-4,7,14H2,1H3,(H,24,26).